The first-order valence-corrected chi connectivity index (χ1v) is 8.43. The predicted molar refractivity (Wildman–Crippen MR) is 87.7 cm³/mol. The van der Waals surface area contributed by atoms with Crippen molar-refractivity contribution in [2.24, 2.45) is 0 Å². The number of nitrogens with one attached hydrogen (secondary N) is 1. The number of nitrogens with zero attached hydrogens (tertiary/aromatic N) is 1. The van der Waals surface area contributed by atoms with Crippen LogP contribution >= 0.6 is 31.9 Å². The molecule has 0 aromatic heterocycles. The van der Waals surface area contributed by atoms with Crippen molar-refractivity contribution in [1.82, 2.24) is 10.2 Å². The van der Waals surface area contributed by atoms with Crippen LogP contribution in [0.15, 0.2) is 21.1 Å². The summed E-state index contributed by atoms with van der Waals surface area (Å²) in [4.78, 5) is 14.4. The van der Waals surface area contributed by atoms with E-state index >= 15 is 0 Å². The Kier molecular flexibility index (Phi) is 6.47. The van der Waals surface area contributed by atoms with Gasteiger partial charge in [0.25, 0.3) is 5.91 Å². The molecule has 0 aliphatic carbocycles. The van der Waals surface area contributed by atoms with Gasteiger partial charge in [-0.3, -0.25) is 9.69 Å². The van der Waals surface area contributed by atoms with Crippen molar-refractivity contribution in [3.63, 3.8) is 0 Å². The van der Waals surface area contributed by atoms with Gasteiger partial charge in [-0.2, -0.15) is 0 Å². The molecule has 1 aromatic carbocycles. The second kappa shape index (κ2) is 8.12. The first-order valence-electron chi connectivity index (χ1n) is 6.84. The maximum absolute atomic E-state index is 12.1. The number of morpholine rings is 1. The Morgan fingerprint density at radius 3 is 2.76 bits per heavy atom. The number of aromatic hydroxyl groups is 1. The van der Waals surface area contributed by atoms with Crippen LogP contribution in [0, 0.1) is 0 Å². The molecule has 1 heterocycles. The molecule has 1 amide bonds. The molecule has 7 heteroatoms. The van der Waals surface area contributed by atoms with E-state index < -0.39 is 0 Å². The molecule has 0 radical (unpaired) electrons. The zero-order valence-electron chi connectivity index (χ0n) is 11.6. The predicted octanol–water partition coefficient (Wildman–Crippen LogP) is 2.37. The molecule has 1 fully saturated rings. The van der Waals surface area contributed by atoms with Crippen LogP contribution in [0.3, 0.4) is 0 Å². The van der Waals surface area contributed by atoms with Gasteiger partial charge < -0.3 is 15.2 Å². The fraction of sp³-hybridized carbons (Fsp3) is 0.500. The van der Waals surface area contributed by atoms with E-state index in [-0.39, 0.29) is 17.2 Å². The van der Waals surface area contributed by atoms with Crippen molar-refractivity contribution in [3.05, 3.63) is 26.6 Å². The Balaban J connectivity index is 1.79. The minimum Gasteiger partial charge on any atom is -0.506 e. The molecule has 0 saturated carbocycles. The Bertz CT molecular complexity index is 505. The molecule has 5 nitrogen and oxygen atoms in total. The van der Waals surface area contributed by atoms with Crippen LogP contribution in [0.2, 0.25) is 0 Å². The number of amides is 1. The summed E-state index contributed by atoms with van der Waals surface area (Å²) in [5.74, 6) is -0.305. The van der Waals surface area contributed by atoms with E-state index in [4.69, 9.17) is 4.74 Å². The third-order valence-electron chi connectivity index (χ3n) is 3.31. The van der Waals surface area contributed by atoms with E-state index in [1.54, 1.807) is 12.1 Å². The van der Waals surface area contributed by atoms with Gasteiger partial charge in [0, 0.05) is 24.1 Å². The molecular weight excluding hydrogens is 404 g/mol. The number of benzene rings is 1. The van der Waals surface area contributed by atoms with Crippen molar-refractivity contribution in [3.8, 4) is 5.75 Å². The normalized spacial score (nSPS) is 15.9. The summed E-state index contributed by atoms with van der Waals surface area (Å²) in [6.07, 6.45) is 0.877. The van der Waals surface area contributed by atoms with Crippen molar-refractivity contribution in [2.45, 2.75) is 6.42 Å². The quantitative estimate of drug-likeness (QED) is 0.716. The number of hydrogen-bond donors (Lipinski definition) is 2. The molecule has 1 aliphatic heterocycles. The van der Waals surface area contributed by atoms with Crippen molar-refractivity contribution >= 4 is 37.8 Å². The molecule has 0 unspecified atom stereocenters. The summed E-state index contributed by atoms with van der Waals surface area (Å²) in [6.45, 7) is 5.00. The number of carbonyl (C=O) groups is 1. The van der Waals surface area contributed by atoms with Crippen LogP contribution in [0.25, 0.3) is 0 Å². The molecule has 0 atom stereocenters. The molecule has 0 bridgehead atoms. The van der Waals surface area contributed by atoms with Crippen LogP contribution in [0.5, 0.6) is 5.75 Å². The Hall–Kier alpha value is -0.630. The summed E-state index contributed by atoms with van der Waals surface area (Å²) in [6, 6.07) is 3.31. The molecule has 1 saturated heterocycles. The maximum atomic E-state index is 12.1. The monoisotopic (exact) mass is 420 g/mol. The minimum atomic E-state index is -0.267. The van der Waals surface area contributed by atoms with Crippen LogP contribution in [0.1, 0.15) is 16.8 Å². The van der Waals surface area contributed by atoms with Crippen molar-refractivity contribution in [1.29, 1.82) is 0 Å². The van der Waals surface area contributed by atoms with Gasteiger partial charge in [-0.25, -0.2) is 0 Å². The summed E-state index contributed by atoms with van der Waals surface area (Å²) < 4.78 is 6.53. The van der Waals surface area contributed by atoms with Crippen LogP contribution in [0.4, 0.5) is 0 Å². The van der Waals surface area contributed by atoms with E-state index in [9.17, 15) is 9.90 Å². The SMILES string of the molecule is O=C(NCCCN1CCOCC1)c1cc(Br)cc(Br)c1O. The van der Waals surface area contributed by atoms with Crippen molar-refractivity contribution in [2.75, 3.05) is 39.4 Å². The lowest BCUT2D eigenvalue weighted by Gasteiger charge is -2.26. The number of carbonyl (C=O) groups excluding carboxylic acids is 1. The summed E-state index contributed by atoms with van der Waals surface area (Å²) >= 11 is 6.53. The molecule has 0 spiro atoms. The number of ether oxygens (including phenoxy) is 1. The largest absolute Gasteiger partial charge is 0.506 e. The van der Waals surface area contributed by atoms with Gasteiger partial charge in [0.1, 0.15) is 5.75 Å². The summed E-state index contributed by atoms with van der Waals surface area (Å²) in [7, 11) is 0. The van der Waals surface area contributed by atoms with E-state index in [0.717, 1.165) is 43.7 Å². The van der Waals surface area contributed by atoms with Gasteiger partial charge in [-0.05, 0) is 41.0 Å². The third-order valence-corrected chi connectivity index (χ3v) is 4.38. The second-order valence-electron chi connectivity index (χ2n) is 4.85. The molecule has 1 aromatic rings. The number of phenolic OH excluding ortho intramolecular Hbond substituents is 1. The fourth-order valence-corrected chi connectivity index (χ4v) is 3.39. The number of hydrogen-bond acceptors (Lipinski definition) is 4. The smallest absolute Gasteiger partial charge is 0.255 e. The van der Waals surface area contributed by atoms with Gasteiger partial charge >= 0.3 is 0 Å². The van der Waals surface area contributed by atoms with Crippen LogP contribution in [-0.2, 0) is 4.74 Å². The minimum absolute atomic E-state index is 0.0381. The maximum Gasteiger partial charge on any atom is 0.255 e. The highest BCUT2D eigenvalue weighted by atomic mass is 79.9. The van der Waals surface area contributed by atoms with Gasteiger partial charge in [0.05, 0.1) is 23.2 Å². The number of halogens is 2. The summed E-state index contributed by atoms with van der Waals surface area (Å²) in [5, 5.41) is 12.7. The highest BCUT2D eigenvalue weighted by molar-refractivity contribution is 9.11. The van der Waals surface area contributed by atoms with Gasteiger partial charge in [-0.15, -0.1) is 0 Å². The molecule has 2 N–H and O–H groups in total. The summed E-state index contributed by atoms with van der Waals surface area (Å²) in [5.41, 5.74) is 0.266. The van der Waals surface area contributed by atoms with Gasteiger partial charge in [0.2, 0.25) is 0 Å². The number of phenols is 1. The fourth-order valence-electron chi connectivity index (χ4n) is 2.16. The average molecular weight is 422 g/mol. The van der Waals surface area contributed by atoms with E-state index in [1.165, 1.54) is 0 Å². The standard InChI is InChI=1S/C14H18Br2N2O3/c15-10-8-11(13(19)12(16)9-10)14(20)17-2-1-3-18-4-6-21-7-5-18/h8-9,19H,1-7H2,(H,17,20). The van der Waals surface area contributed by atoms with Crippen LogP contribution < -0.4 is 5.32 Å². The third kappa shape index (κ3) is 4.95. The average Bonchev–Trinajstić information content (AvgIpc) is 2.48. The Labute approximate surface area is 140 Å². The van der Waals surface area contributed by atoms with E-state index in [0.29, 0.717) is 11.0 Å². The molecule has 1 aliphatic rings. The zero-order chi connectivity index (χ0) is 15.2. The topological polar surface area (TPSA) is 61.8 Å². The number of rotatable bonds is 5. The Morgan fingerprint density at radius 1 is 1.33 bits per heavy atom. The molecular formula is C14H18Br2N2O3. The van der Waals surface area contributed by atoms with Crippen molar-refractivity contribution < 1.29 is 14.6 Å². The lowest BCUT2D eigenvalue weighted by atomic mass is 10.2. The lowest BCUT2D eigenvalue weighted by Crippen LogP contribution is -2.38. The van der Waals surface area contributed by atoms with Crippen LogP contribution in [-0.4, -0.2) is 55.3 Å². The lowest BCUT2D eigenvalue weighted by molar-refractivity contribution is 0.0374. The Morgan fingerprint density at radius 2 is 2.05 bits per heavy atom. The van der Waals surface area contributed by atoms with E-state index in [2.05, 4.69) is 42.1 Å². The van der Waals surface area contributed by atoms with Gasteiger partial charge in [0.15, 0.2) is 0 Å². The highest BCUT2D eigenvalue weighted by Gasteiger charge is 2.15. The first-order chi connectivity index (χ1) is 10.1. The highest BCUT2D eigenvalue weighted by Crippen LogP contribution is 2.31. The second-order valence-corrected chi connectivity index (χ2v) is 6.62. The van der Waals surface area contributed by atoms with Gasteiger partial charge in [-0.1, -0.05) is 15.9 Å². The van der Waals surface area contributed by atoms with E-state index in [1.807, 2.05) is 0 Å². The first kappa shape index (κ1) is 16.7. The molecule has 116 valence electrons. The zero-order valence-corrected chi connectivity index (χ0v) is 14.7. The molecule has 21 heavy (non-hydrogen) atoms. The molecule has 2 rings (SSSR count).